The predicted molar refractivity (Wildman–Crippen MR) is 108 cm³/mol. The molecule has 0 saturated heterocycles. The fourth-order valence-electron chi connectivity index (χ4n) is 2.64. The molecule has 0 radical (unpaired) electrons. The fraction of sp³-hybridized carbons (Fsp3) is 0.350. The van der Waals surface area contributed by atoms with Crippen LogP contribution in [0.1, 0.15) is 12.0 Å². The maximum absolute atomic E-state index is 13.3. The number of hydrogen-bond donors (Lipinski definition) is 1. The summed E-state index contributed by atoms with van der Waals surface area (Å²) in [5.41, 5.74) is 1.17. The number of carbonyl (C=O) groups is 1. The first kappa shape index (κ1) is 21.7. The predicted octanol–water partition coefficient (Wildman–Crippen LogP) is 2.35. The van der Waals surface area contributed by atoms with Crippen molar-refractivity contribution >= 4 is 21.6 Å². The lowest BCUT2D eigenvalue weighted by molar-refractivity contribution is -0.119. The van der Waals surface area contributed by atoms with E-state index in [1.54, 1.807) is 37.4 Å². The van der Waals surface area contributed by atoms with E-state index >= 15 is 0 Å². The van der Waals surface area contributed by atoms with Crippen LogP contribution in [0.4, 0.5) is 5.69 Å². The molecule has 8 heteroatoms. The van der Waals surface area contributed by atoms with E-state index in [-0.39, 0.29) is 11.4 Å². The summed E-state index contributed by atoms with van der Waals surface area (Å²) in [5.74, 6) is -0.0311. The first-order valence-corrected chi connectivity index (χ1v) is 10.3. The number of ether oxygens (including phenoxy) is 2. The first-order chi connectivity index (χ1) is 13.4. The van der Waals surface area contributed by atoms with Crippen LogP contribution in [0.3, 0.4) is 0 Å². The Bertz CT molecular complexity index is 885. The van der Waals surface area contributed by atoms with Crippen molar-refractivity contribution in [3.8, 4) is 5.75 Å². The number of nitrogens with one attached hydrogen (secondary N) is 1. The summed E-state index contributed by atoms with van der Waals surface area (Å²) in [5, 5.41) is 2.73. The van der Waals surface area contributed by atoms with Gasteiger partial charge in [-0.05, 0) is 43.2 Å². The molecule has 0 atom stereocenters. The summed E-state index contributed by atoms with van der Waals surface area (Å²) in [4.78, 5) is 12.6. The highest BCUT2D eigenvalue weighted by Crippen LogP contribution is 2.33. The van der Waals surface area contributed by atoms with Gasteiger partial charge in [-0.25, -0.2) is 8.42 Å². The lowest BCUT2D eigenvalue weighted by Crippen LogP contribution is -2.41. The summed E-state index contributed by atoms with van der Waals surface area (Å²) < 4.78 is 38.0. The van der Waals surface area contributed by atoms with Crippen molar-refractivity contribution in [2.24, 2.45) is 0 Å². The highest BCUT2D eigenvalue weighted by molar-refractivity contribution is 7.92. The minimum atomic E-state index is -3.97. The molecule has 1 amide bonds. The van der Waals surface area contributed by atoms with E-state index in [0.29, 0.717) is 31.0 Å². The third-order valence-corrected chi connectivity index (χ3v) is 5.84. The quantitative estimate of drug-likeness (QED) is 0.612. The largest absolute Gasteiger partial charge is 0.495 e. The molecule has 7 nitrogen and oxygen atoms in total. The van der Waals surface area contributed by atoms with Crippen molar-refractivity contribution < 1.29 is 22.7 Å². The van der Waals surface area contributed by atoms with Crippen LogP contribution in [0.2, 0.25) is 0 Å². The Morgan fingerprint density at radius 3 is 2.46 bits per heavy atom. The van der Waals surface area contributed by atoms with Crippen LogP contribution in [0, 0.1) is 6.92 Å². The van der Waals surface area contributed by atoms with Gasteiger partial charge in [-0.15, -0.1) is 0 Å². The van der Waals surface area contributed by atoms with Crippen LogP contribution < -0.4 is 14.4 Å². The van der Waals surface area contributed by atoms with E-state index < -0.39 is 15.9 Å². The molecule has 1 N–H and O–H groups in total. The van der Waals surface area contributed by atoms with Gasteiger partial charge in [0, 0.05) is 20.3 Å². The third-order valence-electron chi connectivity index (χ3n) is 4.07. The SMILES string of the molecule is COCCCNC(=O)CN(c1cc(C)ccc1OC)S(=O)(=O)c1ccccc1. The molecule has 0 heterocycles. The molecule has 152 valence electrons. The minimum Gasteiger partial charge on any atom is -0.495 e. The van der Waals surface area contributed by atoms with Crippen molar-refractivity contribution in [2.75, 3.05) is 38.2 Å². The molecular formula is C20H26N2O5S. The number of anilines is 1. The van der Waals surface area contributed by atoms with Crippen LogP contribution in [-0.4, -0.2) is 48.2 Å². The standard InChI is InChI=1S/C20H26N2O5S/c1-16-10-11-19(27-3)18(14-16)22(15-20(23)21-12-7-13-26-2)28(24,25)17-8-5-4-6-9-17/h4-6,8-11,14H,7,12-13,15H2,1-3H3,(H,21,23). The van der Waals surface area contributed by atoms with Crippen LogP contribution >= 0.6 is 0 Å². The molecule has 0 unspecified atom stereocenters. The highest BCUT2D eigenvalue weighted by atomic mass is 32.2. The van der Waals surface area contributed by atoms with Gasteiger partial charge in [-0.3, -0.25) is 9.10 Å². The number of methoxy groups -OCH3 is 2. The average molecular weight is 407 g/mol. The zero-order chi connectivity index (χ0) is 20.6. The molecular weight excluding hydrogens is 380 g/mol. The maximum Gasteiger partial charge on any atom is 0.264 e. The van der Waals surface area contributed by atoms with Crippen molar-refractivity contribution in [1.82, 2.24) is 5.32 Å². The molecule has 0 aromatic heterocycles. The van der Waals surface area contributed by atoms with Crippen LogP contribution in [0.5, 0.6) is 5.75 Å². The van der Waals surface area contributed by atoms with Gasteiger partial charge in [0.2, 0.25) is 5.91 Å². The number of rotatable bonds is 10. The van der Waals surface area contributed by atoms with Gasteiger partial charge < -0.3 is 14.8 Å². The summed E-state index contributed by atoms with van der Waals surface area (Å²) in [6, 6.07) is 13.2. The Labute approximate surface area is 166 Å². The number of sulfonamides is 1. The molecule has 0 spiro atoms. The Morgan fingerprint density at radius 2 is 1.82 bits per heavy atom. The van der Waals surface area contributed by atoms with Crippen molar-refractivity contribution in [2.45, 2.75) is 18.2 Å². The zero-order valence-corrected chi connectivity index (χ0v) is 17.2. The Hall–Kier alpha value is -2.58. The number of hydrogen-bond acceptors (Lipinski definition) is 5. The summed E-state index contributed by atoms with van der Waals surface area (Å²) in [6.45, 7) is 2.40. The number of benzene rings is 2. The van der Waals surface area contributed by atoms with Gasteiger partial charge in [-0.1, -0.05) is 24.3 Å². The summed E-state index contributed by atoms with van der Waals surface area (Å²) in [6.07, 6.45) is 0.640. The molecule has 2 aromatic rings. The molecule has 0 fully saturated rings. The van der Waals surface area contributed by atoms with E-state index in [1.807, 2.05) is 13.0 Å². The molecule has 0 saturated carbocycles. The normalized spacial score (nSPS) is 11.1. The second kappa shape index (κ2) is 10.1. The van der Waals surface area contributed by atoms with Gasteiger partial charge in [-0.2, -0.15) is 0 Å². The maximum atomic E-state index is 13.3. The zero-order valence-electron chi connectivity index (χ0n) is 16.3. The number of nitrogens with zero attached hydrogens (tertiary/aromatic N) is 1. The Balaban J connectivity index is 2.39. The van der Waals surface area contributed by atoms with Crippen molar-refractivity contribution in [3.05, 3.63) is 54.1 Å². The van der Waals surface area contributed by atoms with E-state index in [2.05, 4.69) is 5.32 Å². The molecule has 2 aromatic carbocycles. The number of aryl methyl sites for hydroxylation is 1. The molecule has 28 heavy (non-hydrogen) atoms. The van der Waals surface area contributed by atoms with Crippen LogP contribution in [-0.2, 0) is 19.6 Å². The number of carbonyl (C=O) groups excluding carboxylic acids is 1. The van der Waals surface area contributed by atoms with E-state index in [0.717, 1.165) is 9.87 Å². The minimum absolute atomic E-state index is 0.103. The monoisotopic (exact) mass is 406 g/mol. The number of amides is 1. The van der Waals surface area contributed by atoms with Crippen molar-refractivity contribution in [3.63, 3.8) is 0 Å². The summed E-state index contributed by atoms with van der Waals surface area (Å²) >= 11 is 0. The lowest BCUT2D eigenvalue weighted by Gasteiger charge is -2.26. The van der Waals surface area contributed by atoms with Crippen LogP contribution in [0.25, 0.3) is 0 Å². The Kier molecular flexibility index (Phi) is 7.83. The second-order valence-electron chi connectivity index (χ2n) is 6.20. The second-order valence-corrected chi connectivity index (χ2v) is 8.06. The third kappa shape index (κ3) is 5.46. The molecule has 0 aliphatic carbocycles. The molecule has 0 aliphatic heterocycles. The van der Waals surface area contributed by atoms with Gasteiger partial charge in [0.1, 0.15) is 12.3 Å². The average Bonchev–Trinajstić information content (AvgIpc) is 2.70. The van der Waals surface area contributed by atoms with Crippen LogP contribution in [0.15, 0.2) is 53.4 Å². The van der Waals surface area contributed by atoms with Crippen molar-refractivity contribution in [1.29, 1.82) is 0 Å². The van der Waals surface area contributed by atoms with E-state index in [1.165, 1.54) is 19.2 Å². The van der Waals surface area contributed by atoms with Gasteiger partial charge in [0.05, 0.1) is 17.7 Å². The molecule has 0 aliphatic rings. The fourth-order valence-corrected chi connectivity index (χ4v) is 4.09. The van der Waals surface area contributed by atoms with E-state index in [4.69, 9.17) is 9.47 Å². The van der Waals surface area contributed by atoms with Gasteiger partial charge in [0.25, 0.3) is 10.0 Å². The smallest absolute Gasteiger partial charge is 0.264 e. The molecule has 2 rings (SSSR count). The van der Waals surface area contributed by atoms with E-state index in [9.17, 15) is 13.2 Å². The highest BCUT2D eigenvalue weighted by Gasteiger charge is 2.29. The lowest BCUT2D eigenvalue weighted by atomic mass is 10.2. The Morgan fingerprint density at radius 1 is 1.11 bits per heavy atom. The molecule has 0 bridgehead atoms. The van der Waals surface area contributed by atoms with Gasteiger partial charge in [0.15, 0.2) is 0 Å². The summed E-state index contributed by atoms with van der Waals surface area (Å²) in [7, 11) is -0.918. The van der Waals surface area contributed by atoms with Gasteiger partial charge >= 0.3 is 0 Å². The first-order valence-electron chi connectivity index (χ1n) is 8.88. The topological polar surface area (TPSA) is 84.9 Å².